The quantitative estimate of drug-likeness (QED) is 0.755. The highest BCUT2D eigenvalue weighted by Gasteiger charge is 2.50. The van der Waals surface area contributed by atoms with Crippen molar-refractivity contribution in [1.82, 2.24) is 0 Å². The van der Waals surface area contributed by atoms with Gasteiger partial charge in [0.1, 0.15) is 0 Å². The number of sulfonamides is 1. The van der Waals surface area contributed by atoms with Crippen LogP contribution in [0.1, 0.15) is 27.2 Å². The third-order valence-corrected chi connectivity index (χ3v) is 6.96. The highest BCUT2D eigenvalue weighted by atomic mass is 32.2. The van der Waals surface area contributed by atoms with Gasteiger partial charge in [-0.1, -0.05) is 13.8 Å². The molecule has 0 spiro atoms. The second-order valence-electron chi connectivity index (χ2n) is 7.96. The zero-order valence-electron chi connectivity index (χ0n) is 16.9. The Kier molecular flexibility index (Phi) is 5.40. The average Bonchev–Trinajstić information content (AvgIpc) is 3.30. The number of nitrogens with zero attached hydrogens (tertiary/aromatic N) is 1. The molecule has 1 atom stereocenters. The topological polar surface area (TPSA) is 95.6 Å². The Morgan fingerprint density at radius 2 is 1.45 bits per heavy atom. The van der Waals surface area contributed by atoms with E-state index in [9.17, 15) is 18.0 Å². The van der Waals surface area contributed by atoms with Gasteiger partial charge in [0.15, 0.2) is 0 Å². The molecule has 0 heterocycles. The van der Waals surface area contributed by atoms with Crippen LogP contribution in [0, 0.1) is 11.3 Å². The minimum absolute atomic E-state index is 0.0111. The Labute approximate surface area is 171 Å². The molecule has 154 valence electrons. The Hall–Kier alpha value is -2.87. The van der Waals surface area contributed by atoms with E-state index in [4.69, 9.17) is 0 Å². The Morgan fingerprint density at radius 3 is 1.93 bits per heavy atom. The van der Waals surface area contributed by atoms with Gasteiger partial charge >= 0.3 is 0 Å². The van der Waals surface area contributed by atoms with E-state index in [0.717, 1.165) is 6.42 Å². The van der Waals surface area contributed by atoms with Crippen molar-refractivity contribution in [3.8, 4) is 0 Å². The van der Waals surface area contributed by atoms with Crippen molar-refractivity contribution in [3.63, 3.8) is 0 Å². The first-order valence-corrected chi connectivity index (χ1v) is 10.7. The summed E-state index contributed by atoms with van der Waals surface area (Å²) < 4.78 is 26.9. The van der Waals surface area contributed by atoms with E-state index in [1.54, 1.807) is 36.4 Å². The third kappa shape index (κ3) is 4.59. The predicted molar refractivity (Wildman–Crippen MR) is 113 cm³/mol. The normalized spacial score (nSPS) is 17.3. The van der Waals surface area contributed by atoms with Gasteiger partial charge in [-0.15, -0.1) is 0 Å². The standard InChI is InChI=1S/C21H25N3O4S/c1-14(25)22-15-7-11-18(12-8-15)29(27,28)24(4)17-9-5-16(6-10-17)23-20(26)19-13-21(19,2)3/h5-12,19H,13H2,1-4H3,(H,22,25)(H,23,26). The van der Waals surface area contributed by atoms with Crippen molar-refractivity contribution in [1.29, 1.82) is 0 Å². The summed E-state index contributed by atoms with van der Waals surface area (Å²) >= 11 is 0. The van der Waals surface area contributed by atoms with E-state index in [1.165, 1.54) is 30.4 Å². The van der Waals surface area contributed by atoms with Gasteiger partial charge in [-0.05, 0) is 60.4 Å². The van der Waals surface area contributed by atoms with Crippen LogP contribution in [0.3, 0.4) is 0 Å². The van der Waals surface area contributed by atoms with Gasteiger partial charge < -0.3 is 10.6 Å². The monoisotopic (exact) mass is 415 g/mol. The molecule has 1 unspecified atom stereocenters. The van der Waals surface area contributed by atoms with Crippen molar-refractivity contribution in [2.24, 2.45) is 11.3 Å². The van der Waals surface area contributed by atoms with E-state index in [1.807, 2.05) is 0 Å². The Balaban J connectivity index is 1.71. The zero-order valence-corrected chi connectivity index (χ0v) is 17.7. The molecule has 1 aliphatic carbocycles. The molecule has 29 heavy (non-hydrogen) atoms. The minimum atomic E-state index is -3.76. The van der Waals surface area contributed by atoms with E-state index < -0.39 is 10.0 Å². The van der Waals surface area contributed by atoms with Gasteiger partial charge in [-0.3, -0.25) is 13.9 Å². The maximum absolute atomic E-state index is 12.9. The van der Waals surface area contributed by atoms with Crippen molar-refractivity contribution in [2.45, 2.75) is 32.1 Å². The second-order valence-corrected chi connectivity index (χ2v) is 9.93. The summed E-state index contributed by atoms with van der Waals surface area (Å²) in [5.74, 6) is -0.219. The Bertz CT molecular complexity index is 1030. The number of carbonyl (C=O) groups excluding carboxylic acids is 2. The molecule has 7 nitrogen and oxygen atoms in total. The molecular weight excluding hydrogens is 390 g/mol. The SMILES string of the molecule is CC(=O)Nc1ccc(S(=O)(=O)N(C)c2ccc(NC(=O)C3CC3(C)C)cc2)cc1. The van der Waals surface area contributed by atoms with Gasteiger partial charge in [-0.25, -0.2) is 8.42 Å². The molecule has 1 fully saturated rings. The first kappa shape index (κ1) is 20.9. The number of anilines is 3. The molecule has 2 amide bonds. The fourth-order valence-electron chi connectivity index (χ4n) is 3.11. The van der Waals surface area contributed by atoms with Crippen molar-refractivity contribution in [2.75, 3.05) is 22.0 Å². The number of nitrogens with one attached hydrogen (secondary N) is 2. The van der Waals surface area contributed by atoms with Crippen LogP contribution < -0.4 is 14.9 Å². The second kappa shape index (κ2) is 7.51. The van der Waals surface area contributed by atoms with E-state index in [-0.39, 0.29) is 28.0 Å². The van der Waals surface area contributed by atoms with Crippen molar-refractivity contribution >= 4 is 38.9 Å². The molecule has 2 aromatic rings. The van der Waals surface area contributed by atoms with Crippen LogP contribution in [0.2, 0.25) is 0 Å². The lowest BCUT2D eigenvalue weighted by atomic mass is 10.1. The summed E-state index contributed by atoms with van der Waals surface area (Å²) in [7, 11) is -2.29. The minimum Gasteiger partial charge on any atom is -0.326 e. The maximum atomic E-state index is 12.9. The third-order valence-electron chi connectivity index (χ3n) is 5.16. The van der Waals surface area contributed by atoms with Gasteiger partial charge in [-0.2, -0.15) is 0 Å². The lowest BCUT2D eigenvalue weighted by Gasteiger charge is -2.20. The van der Waals surface area contributed by atoms with E-state index >= 15 is 0 Å². The zero-order chi connectivity index (χ0) is 21.4. The van der Waals surface area contributed by atoms with Crippen molar-refractivity contribution < 1.29 is 18.0 Å². The van der Waals surface area contributed by atoms with Crippen LogP contribution in [0.25, 0.3) is 0 Å². The Morgan fingerprint density at radius 1 is 0.966 bits per heavy atom. The lowest BCUT2D eigenvalue weighted by Crippen LogP contribution is -2.26. The average molecular weight is 416 g/mol. The van der Waals surface area contributed by atoms with Crippen LogP contribution in [0.4, 0.5) is 17.1 Å². The van der Waals surface area contributed by atoms with Crippen LogP contribution in [0.5, 0.6) is 0 Å². The van der Waals surface area contributed by atoms with Crippen LogP contribution in [-0.2, 0) is 19.6 Å². The van der Waals surface area contributed by atoms with E-state index in [0.29, 0.717) is 17.1 Å². The molecular formula is C21H25N3O4S. The predicted octanol–water partition coefficient (Wildman–Crippen LogP) is 3.45. The summed E-state index contributed by atoms with van der Waals surface area (Å²) in [6.45, 7) is 5.50. The lowest BCUT2D eigenvalue weighted by molar-refractivity contribution is -0.118. The number of amides is 2. The largest absolute Gasteiger partial charge is 0.326 e. The van der Waals surface area contributed by atoms with E-state index in [2.05, 4.69) is 24.5 Å². The highest BCUT2D eigenvalue weighted by molar-refractivity contribution is 7.92. The summed E-state index contributed by atoms with van der Waals surface area (Å²) in [5.41, 5.74) is 1.68. The van der Waals surface area contributed by atoms with Crippen molar-refractivity contribution in [3.05, 3.63) is 48.5 Å². The summed E-state index contributed by atoms with van der Waals surface area (Å²) in [6.07, 6.45) is 0.874. The number of carbonyl (C=O) groups is 2. The van der Waals surface area contributed by atoms with Gasteiger partial charge in [0.25, 0.3) is 10.0 Å². The molecule has 2 N–H and O–H groups in total. The summed E-state index contributed by atoms with van der Waals surface area (Å²) in [6, 6.07) is 12.7. The molecule has 0 saturated heterocycles. The van der Waals surface area contributed by atoms with Gasteiger partial charge in [0.05, 0.1) is 10.6 Å². The fourth-order valence-corrected chi connectivity index (χ4v) is 4.30. The number of rotatable bonds is 6. The molecule has 0 aromatic heterocycles. The number of benzene rings is 2. The maximum Gasteiger partial charge on any atom is 0.264 e. The van der Waals surface area contributed by atoms with Crippen LogP contribution in [-0.4, -0.2) is 27.3 Å². The van der Waals surface area contributed by atoms with Gasteiger partial charge in [0, 0.05) is 31.3 Å². The molecule has 0 radical (unpaired) electrons. The first-order chi connectivity index (χ1) is 13.5. The van der Waals surface area contributed by atoms with Gasteiger partial charge in [0.2, 0.25) is 11.8 Å². The fraction of sp³-hybridized carbons (Fsp3) is 0.333. The highest BCUT2D eigenvalue weighted by Crippen LogP contribution is 2.52. The smallest absolute Gasteiger partial charge is 0.264 e. The molecule has 2 aromatic carbocycles. The first-order valence-electron chi connectivity index (χ1n) is 9.28. The molecule has 1 aliphatic rings. The van der Waals surface area contributed by atoms with Crippen LogP contribution in [0.15, 0.2) is 53.4 Å². The summed E-state index contributed by atoms with van der Waals surface area (Å²) in [5, 5.41) is 5.48. The molecule has 8 heteroatoms. The molecule has 0 aliphatic heterocycles. The molecule has 3 rings (SSSR count). The molecule has 1 saturated carbocycles. The number of hydrogen-bond donors (Lipinski definition) is 2. The van der Waals surface area contributed by atoms with Crippen LogP contribution >= 0.6 is 0 Å². The summed E-state index contributed by atoms with van der Waals surface area (Å²) in [4.78, 5) is 23.4. The number of hydrogen-bond acceptors (Lipinski definition) is 4. The molecule has 0 bridgehead atoms.